The van der Waals surface area contributed by atoms with E-state index in [0.29, 0.717) is 16.7 Å². The fraction of sp³-hybridized carbons (Fsp3) is 0.375. The van der Waals surface area contributed by atoms with Crippen LogP contribution in [0.25, 0.3) is 0 Å². The number of carbonyl (C=O) groups excluding carboxylic acids is 4. The molecule has 2 aromatic rings. The van der Waals surface area contributed by atoms with E-state index in [4.69, 9.17) is 0 Å². The summed E-state index contributed by atoms with van der Waals surface area (Å²) in [5.74, 6) is -1.82. The van der Waals surface area contributed by atoms with Gasteiger partial charge in [0.15, 0.2) is 0 Å². The Morgan fingerprint density at radius 3 is 2.70 bits per heavy atom. The molecule has 8 nitrogen and oxygen atoms in total. The van der Waals surface area contributed by atoms with Gasteiger partial charge in [0.05, 0.1) is 11.7 Å². The summed E-state index contributed by atoms with van der Waals surface area (Å²) < 4.78 is 14.4. The van der Waals surface area contributed by atoms with E-state index in [1.165, 1.54) is 23.2 Å². The van der Waals surface area contributed by atoms with Gasteiger partial charge in [-0.1, -0.05) is 6.42 Å². The van der Waals surface area contributed by atoms with E-state index >= 15 is 0 Å². The van der Waals surface area contributed by atoms with Crippen molar-refractivity contribution in [3.63, 3.8) is 0 Å². The van der Waals surface area contributed by atoms with Crippen LogP contribution in [0.4, 0.5) is 4.39 Å². The average molecular weight is 450 g/mol. The molecule has 1 aromatic carbocycles. The predicted molar refractivity (Wildman–Crippen MR) is 114 cm³/mol. The first-order valence-corrected chi connectivity index (χ1v) is 11.1. The number of benzene rings is 1. The molecule has 2 aliphatic heterocycles. The summed E-state index contributed by atoms with van der Waals surface area (Å²) >= 11 is 0. The van der Waals surface area contributed by atoms with Crippen LogP contribution in [0.1, 0.15) is 70.1 Å². The lowest BCUT2D eigenvalue weighted by molar-refractivity contribution is -0.136. The Kier molecular flexibility index (Phi) is 5.39. The molecule has 2 N–H and O–H groups in total. The van der Waals surface area contributed by atoms with Gasteiger partial charge >= 0.3 is 0 Å². The number of hydrogen-bond donors (Lipinski definition) is 2. The van der Waals surface area contributed by atoms with Gasteiger partial charge in [0, 0.05) is 30.3 Å². The van der Waals surface area contributed by atoms with Crippen molar-refractivity contribution in [3.8, 4) is 0 Å². The van der Waals surface area contributed by atoms with Crippen molar-refractivity contribution in [1.82, 2.24) is 20.5 Å². The van der Waals surface area contributed by atoms with E-state index < -0.39 is 23.8 Å². The van der Waals surface area contributed by atoms with Crippen molar-refractivity contribution in [2.24, 2.45) is 5.92 Å². The van der Waals surface area contributed by atoms with Crippen LogP contribution in [-0.4, -0.2) is 39.6 Å². The van der Waals surface area contributed by atoms with Crippen molar-refractivity contribution in [1.29, 1.82) is 0 Å². The highest BCUT2D eigenvalue weighted by atomic mass is 19.1. The summed E-state index contributed by atoms with van der Waals surface area (Å²) in [5.41, 5.74) is 1.66. The first kappa shape index (κ1) is 21.2. The lowest BCUT2D eigenvalue weighted by atomic mass is 9.78. The minimum Gasteiger partial charge on any atom is -0.343 e. The number of nitrogens with zero attached hydrogens (tertiary/aromatic N) is 2. The van der Waals surface area contributed by atoms with Gasteiger partial charge in [-0.25, -0.2) is 4.39 Å². The Balaban J connectivity index is 1.35. The first-order valence-electron chi connectivity index (χ1n) is 11.1. The molecule has 0 spiro atoms. The molecule has 2 atom stereocenters. The van der Waals surface area contributed by atoms with Crippen molar-refractivity contribution >= 4 is 23.6 Å². The number of aromatic nitrogens is 1. The molecule has 1 aliphatic carbocycles. The van der Waals surface area contributed by atoms with Crippen molar-refractivity contribution in [2.75, 3.05) is 0 Å². The second-order valence-corrected chi connectivity index (χ2v) is 8.78. The summed E-state index contributed by atoms with van der Waals surface area (Å²) in [7, 11) is 0. The second kappa shape index (κ2) is 8.38. The smallest absolute Gasteiger partial charge is 0.255 e. The molecular formula is C24H23FN4O4. The first-order chi connectivity index (χ1) is 15.9. The second-order valence-electron chi connectivity index (χ2n) is 8.78. The third-order valence-corrected chi connectivity index (χ3v) is 6.78. The van der Waals surface area contributed by atoms with Crippen LogP contribution in [0.2, 0.25) is 0 Å². The van der Waals surface area contributed by atoms with E-state index in [2.05, 4.69) is 15.6 Å². The number of halogens is 1. The molecule has 9 heteroatoms. The topological polar surface area (TPSA) is 108 Å². The Morgan fingerprint density at radius 2 is 2.00 bits per heavy atom. The largest absolute Gasteiger partial charge is 0.343 e. The van der Waals surface area contributed by atoms with Crippen molar-refractivity contribution in [3.05, 3.63) is 64.7 Å². The van der Waals surface area contributed by atoms with E-state index in [0.717, 1.165) is 19.3 Å². The predicted octanol–water partition coefficient (Wildman–Crippen LogP) is 2.25. The van der Waals surface area contributed by atoms with E-state index in [1.807, 2.05) is 0 Å². The summed E-state index contributed by atoms with van der Waals surface area (Å²) in [6.07, 6.45) is 4.78. The minimum atomic E-state index is -0.713. The highest BCUT2D eigenvalue weighted by Gasteiger charge is 2.39. The molecule has 1 saturated heterocycles. The zero-order valence-electron chi connectivity index (χ0n) is 17.8. The number of fused-ring (bicyclic) bond motifs is 1. The van der Waals surface area contributed by atoms with Crippen molar-refractivity contribution < 1.29 is 23.6 Å². The zero-order chi connectivity index (χ0) is 23.1. The van der Waals surface area contributed by atoms with Crippen molar-refractivity contribution in [2.45, 2.75) is 50.7 Å². The maximum Gasteiger partial charge on any atom is 0.255 e. The van der Waals surface area contributed by atoms with Crippen LogP contribution >= 0.6 is 0 Å². The quantitative estimate of drug-likeness (QED) is 0.680. The molecule has 170 valence electrons. The normalized spacial score (nSPS) is 21.3. The van der Waals surface area contributed by atoms with Crippen LogP contribution in [0.5, 0.6) is 0 Å². The van der Waals surface area contributed by atoms with Gasteiger partial charge in [-0.05, 0) is 61.1 Å². The highest BCUT2D eigenvalue weighted by Crippen LogP contribution is 2.38. The Morgan fingerprint density at radius 1 is 1.18 bits per heavy atom. The third kappa shape index (κ3) is 3.88. The third-order valence-electron chi connectivity index (χ3n) is 6.78. The van der Waals surface area contributed by atoms with E-state index in [-0.39, 0.29) is 48.7 Å². The molecule has 1 aromatic heterocycles. The maximum atomic E-state index is 14.4. The van der Waals surface area contributed by atoms with E-state index in [1.54, 1.807) is 18.2 Å². The van der Waals surface area contributed by atoms with Gasteiger partial charge in [0.1, 0.15) is 11.9 Å². The van der Waals surface area contributed by atoms with Gasteiger partial charge in [-0.3, -0.25) is 29.5 Å². The maximum absolute atomic E-state index is 14.4. The molecular weight excluding hydrogens is 427 g/mol. The van der Waals surface area contributed by atoms with Gasteiger partial charge in [0.25, 0.3) is 11.8 Å². The van der Waals surface area contributed by atoms with Crippen LogP contribution in [-0.2, 0) is 16.1 Å². The summed E-state index contributed by atoms with van der Waals surface area (Å²) in [6.45, 7) is 0.183. The minimum absolute atomic E-state index is 0.123. The number of amides is 4. The number of piperidine rings is 1. The highest BCUT2D eigenvalue weighted by molar-refractivity contribution is 6.06. The summed E-state index contributed by atoms with van der Waals surface area (Å²) in [5, 5.41) is 5.21. The number of rotatable bonds is 5. The monoisotopic (exact) mass is 450 g/mol. The van der Waals surface area contributed by atoms with Crippen LogP contribution in [0, 0.1) is 11.7 Å². The lowest BCUT2D eigenvalue weighted by Crippen LogP contribution is -2.52. The van der Waals surface area contributed by atoms with Crippen LogP contribution in [0.15, 0.2) is 36.5 Å². The Labute approximate surface area is 189 Å². The van der Waals surface area contributed by atoms with Gasteiger partial charge in [-0.15, -0.1) is 0 Å². The molecule has 1 saturated carbocycles. The standard InChI is InChI=1S/C24H23FN4O4/c25-17-5-2-10-26-21(17)20(13-3-1-4-13)28-22(31)14-6-7-16-15(11-14)12-29(24(16)33)18-8-9-19(30)27-23(18)32/h2,5-7,10-11,13,18,20H,1,3-4,8-9,12H2,(H,28,31)(H,27,30,32)/t18?,20-/m0/s1. The fourth-order valence-electron chi connectivity index (χ4n) is 4.75. The lowest BCUT2D eigenvalue weighted by Gasteiger charge is -2.34. The molecule has 1 unspecified atom stereocenters. The molecule has 33 heavy (non-hydrogen) atoms. The molecule has 0 bridgehead atoms. The van der Waals surface area contributed by atoms with Gasteiger partial charge < -0.3 is 10.2 Å². The van der Waals surface area contributed by atoms with E-state index in [9.17, 15) is 23.6 Å². The number of imide groups is 1. The average Bonchev–Trinajstić information content (AvgIpc) is 3.08. The number of pyridine rings is 1. The summed E-state index contributed by atoms with van der Waals surface area (Å²) in [4.78, 5) is 55.2. The molecule has 4 amide bonds. The van der Waals surface area contributed by atoms with Gasteiger partial charge in [-0.2, -0.15) is 0 Å². The molecule has 2 fully saturated rings. The molecule has 0 radical (unpaired) electrons. The number of nitrogens with one attached hydrogen (secondary N) is 2. The van der Waals surface area contributed by atoms with Crippen LogP contribution < -0.4 is 10.6 Å². The van der Waals surface area contributed by atoms with Crippen LogP contribution in [0.3, 0.4) is 0 Å². The van der Waals surface area contributed by atoms with Gasteiger partial charge in [0.2, 0.25) is 11.8 Å². The Bertz CT molecular complexity index is 1160. The molecule has 5 rings (SSSR count). The number of carbonyl (C=O) groups is 4. The fourth-order valence-corrected chi connectivity index (χ4v) is 4.75. The molecule has 3 aliphatic rings. The molecule has 3 heterocycles. The Hall–Kier alpha value is -3.62. The number of hydrogen-bond acceptors (Lipinski definition) is 5. The SMILES string of the molecule is O=C1CCC(N2Cc3cc(C(=O)N[C@H](c4ncccc4F)C4CCC4)ccc3C2=O)C(=O)N1. The zero-order valence-corrected chi connectivity index (χ0v) is 17.8. The summed E-state index contributed by atoms with van der Waals surface area (Å²) in [6, 6.07) is 6.40.